The molecule has 0 spiro atoms. The van der Waals surface area contributed by atoms with Gasteiger partial charge in [0.15, 0.2) is 5.96 Å². The predicted octanol–water partition coefficient (Wildman–Crippen LogP) is 3.39. The Hall–Kier alpha value is -2.29. The Balaban J connectivity index is 1.88. The number of fused-ring (bicyclic) bond motifs is 3. The summed E-state index contributed by atoms with van der Waals surface area (Å²) in [5.41, 5.74) is 12.3. The average molecular weight is 265 g/mol. The Kier molecular flexibility index (Phi) is 3.18. The summed E-state index contributed by atoms with van der Waals surface area (Å²) in [6, 6.07) is 15.1. The lowest BCUT2D eigenvalue weighted by molar-refractivity contribution is 0.833. The fourth-order valence-electron chi connectivity index (χ4n) is 2.68. The summed E-state index contributed by atoms with van der Waals surface area (Å²) >= 11 is 0. The van der Waals surface area contributed by atoms with Crippen LogP contribution in [0, 0.1) is 0 Å². The second kappa shape index (κ2) is 5.00. The fourth-order valence-corrected chi connectivity index (χ4v) is 2.68. The lowest BCUT2D eigenvalue weighted by atomic mass is 10.1. The topological polar surface area (TPSA) is 50.4 Å². The first-order chi connectivity index (χ1) is 9.63. The summed E-state index contributed by atoms with van der Waals surface area (Å²) in [5.74, 6) is 0.468. The minimum absolute atomic E-state index is 0.196. The van der Waals surface area contributed by atoms with Gasteiger partial charge in [-0.05, 0) is 54.7 Å². The van der Waals surface area contributed by atoms with Gasteiger partial charge in [0.25, 0.3) is 0 Å². The van der Waals surface area contributed by atoms with Crippen molar-refractivity contribution in [2.24, 2.45) is 10.7 Å². The largest absolute Gasteiger partial charge is 0.370 e. The predicted molar refractivity (Wildman–Crippen MR) is 85.1 cm³/mol. The van der Waals surface area contributed by atoms with Gasteiger partial charge in [0.1, 0.15) is 0 Å². The number of guanidine groups is 1. The zero-order valence-electron chi connectivity index (χ0n) is 11.9. The average Bonchev–Trinajstić information content (AvgIpc) is 2.75. The summed E-state index contributed by atoms with van der Waals surface area (Å²) in [6.07, 6.45) is 0.988. The molecule has 2 aromatic rings. The first kappa shape index (κ1) is 12.7. The number of anilines is 1. The van der Waals surface area contributed by atoms with E-state index in [9.17, 15) is 0 Å². The van der Waals surface area contributed by atoms with Crippen LogP contribution in [0.3, 0.4) is 0 Å². The normalized spacial score (nSPS) is 13.2. The van der Waals surface area contributed by atoms with Crippen LogP contribution in [0.1, 0.15) is 25.0 Å². The third kappa shape index (κ3) is 2.39. The molecule has 1 aliphatic rings. The van der Waals surface area contributed by atoms with E-state index in [1.54, 1.807) is 0 Å². The highest BCUT2D eigenvalue weighted by atomic mass is 15.1. The van der Waals surface area contributed by atoms with Crippen molar-refractivity contribution in [2.75, 3.05) is 5.32 Å². The second-order valence-corrected chi connectivity index (χ2v) is 5.44. The van der Waals surface area contributed by atoms with E-state index in [-0.39, 0.29) is 6.04 Å². The highest BCUT2D eigenvalue weighted by Crippen LogP contribution is 2.37. The third-order valence-corrected chi connectivity index (χ3v) is 3.46. The van der Waals surface area contributed by atoms with Gasteiger partial charge >= 0.3 is 0 Å². The molecule has 2 aromatic carbocycles. The van der Waals surface area contributed by atoms with E-state index < -0.39 is 0 Å². The Bertz CT molecular complexity index is 672. The molecule has 0 fully saturated rings. The summed E-state index contributed by atoms with van der Waals surface area (Å²) in [7, 11) is 0. The number of nitrogens with zero attached hydrogens (tertiary/aromatic N) is 1. The van der Waals surface area contributed by atoms with Crippen LogP contribution >= 0.6 is 0 Å². The molecule has 1 aliphatic carbocycles. The number of aliphatic imine (C=N–C) groups is 1. The van der Waals surface area contributed by atoms with Crippen molar-refractivity contribution in [3.8, 4) is 11.1 Å². The van der Waals surface area contributed by atoms with E-state index in [1.165, 1.54) is 22.3 Å². The summed E-state index contributed by atoms with van der Waals surface area (Å²) in [4.78, 5) is 4.29. The molecular formula is C17H19N3. The molecule has 0 atom stereocenters. The lowest BCUT2D eigenvalue weighted by Crippen LogP contribution is -2.23. The molecule has 0 radical (unpaired) electrons. The molecule has 0 aromatic heterocycles. The van der Waals surface area contributed by atoms with Gasteiger partial charge in [-0.3, -0.25) is 4.99 Å². The van der Waals surface area contributed by atoms with Crippen molar-refractivity contribution in [1.29, 1.82) is 0 Å². The molecule has 0 bridgehead atoms. The lowest BCUT2D eigenvalue weighted by Gasteiger charge is -2.09. The van der Waals surface area contributed by atoms with Gasteiger partial charge in [-0.25, -0.2) is 0 Å². The van der Waals surface area contributed by atoms with E-state index >= 15 is 0 Å². The van der Waals surface area contributed by atoms with Crippen LogP contribution in [0.4, 0.5) is 5.69 Å². The Morgan fingerprint density at radius 1 is 1.10 bits per heavy atom. The maximum absolute atomic E-state index is 5.87. The Morgan fingerprint density at radius 3 is 2.65 bits per heavy atom. The maximum Gasteiger partial charge on any atom is 0.193 e. The van der Waals surface area contributed by atoms with E-state index in [0.29, 0.717) is 5.96 Å². The molecule has 3 nitrogen and oxygen atoms in total. The van der Waals surface area contributed by atoms with Crippen LogP contribution in [0.2, 0.25) is 0 Å². The summed E-state index contributed by atoms with van der Waals surface area (Å²) in [6.45, 7) is 4.02. The SMILES string of the molecule is CC(C)N=C(N)Nc1ccc2c(c1)Cc1ccccc1-2. The van der Waals surface area contributed by atoms with E-state index in [0.717, 1.165) is 12.1 Å². The van der Waals surface area contributed by atoms with Crippen LogP contribution in [0.5, 0.6) is 0 Å². The first-order valence-corrected chi connectivity index (χ1v) is 6.95. The van der Waals surface area contributed by atoms with Gasteiger partial charge < -0.3 is 11.1 Å². The van der Waals surface area contributed by atoms with Crippen molar-refractivity contribution >= 4 is 11.6 Å². The van der Waals surface area contributed by atoms with Crippen LogP contribution in [0.25, 0.3) is 11.1 Å². The van der Waals surface area contributed by atoms with Crippen LogP contribution in [-0.4, -0.2) is 12.0 Å². The third-order valence-electron chi connectivity index (χ3n) is 3.46. The number of nitrogens with two attached hydrogens (primary N) is 1. The van der Waals surface area contributed by atoms with Crippen LogP contribution in [-0.2, 0) is 6.42 Å². The highest BCUT2D eigenvalue weighted by molar-refractivity contribution is 5.93. The van der Waals surface area contributed by atoms with E-state index in [2.05, 4.69) is 52.8 Å². The zero-order valence-corrected chi connectivity index (χ0v) is 11.9. The molecule has 3 heteroatoms. The van der Waals surface area contributed by atoms with Gasteiger partial charge in [0.05, 0.1) is 0 Å². The molecule has 0 saturated carbocycles. The van der Waals surface area contributed by atoms with Crippen LogP contribution in [0.15, 0.2) is 47.5 Å². The number of benzene rings is 2. The molecule has 0 aliphatic heterocycles. The van der Waals surface area contributed by atoms with Gasteiger partial charge in [-0.1, -0.05) is 30.3 Å². The monoisotopic (exact) mass is 265 g/mol. The number of hydrogen-bond donors (Lipinski definition) is 2. The number of rotatable bonds is 2. The molecule has 0 amide bonds. The molecule has 0 saturated heterocycles. The first-order valence-electron chi connectivity index (χ1n) is 6.95. The highest BCUT2D eigenvalue weighted by Gasteiger charge is 2.17. The number of nitrogens with one attached hydrogen (secondary N) is 1. The van der Waals surface area contributed by atoms with Crippen molar-refractivity contribution in [3.05, 3.63) is 53.6 Å². The van der Waals surface area contributed by atoms with E-state index in [1.807, 2.05) is 13.8 Å². The summed E-state index contributed by atoms with van der Waals surface area (Å²) in [5, 5.41) is 3.16. The Morgan fingerprint density at radius 2 is 1.85 bits per heavy atom. The quantitative estimate of drug-likeness (QED) is 0.551. The van der Waals surface area contributed by atoms with Crippen molar-refractivity contribution in [2.45, 2.75) is 26.3 Å². The van der Waals surface area contributed by atoms with Crippen molar-refractivity contribution < 1.29 is 0 Å². The van der Waals surface area contributed by atoms with Gasteiger partial charge in [-0.2, -0.15) is 0 Å². The molecule has 0 unspecified atom stereocenters. The molecular weight excluding hydrogens is 246 g/mol. The maximum atomic E-state index is 5.87. The standard InChI is InChI=1S/C17H19N3/c1-11(2)19-17(18)20-14-7-8-16-13(10-14)9-12-5-3-4-6-15(12)16/h3-8,10-11H,9H2,1-2H3,(H3,18,19,20). The second-order valence-electron chi connectivity index (χ2n) is 5.44. The molecule has 3 N–H and O–H groups in total. The molecule has 102 valence electrons. The van der Waals surface area contributed by atoms with Gasteiger partial charge in [0.2, 0.25) is 0 Å². The van der Waals surface area contributed by atoms with E-state index in [4.69, 9.17) is 5.73 Å². The van der Waals surface area contributed by atoms with Gasteiger partial charge in [0, 0.05) is 11.7 Å². The van der Waals surface area contributed by atoms with Crippen molar-refractivity contribution in [3.63, 3.8) is 0 Å². The smallest absolute Gasteiger partial charge is 0.193 e. The van der Waals surface area contributed by atoms with Crippen LogP contribution < -0.4 is 11.1 Å². The summed E-state index contributed by atoms with van der Waals surface area (Å²) < 4.78 is 0. The Labute approximate surface area is 119 Å². The molecule has 0 heterocycles. The zero-order chi connectivity index (χ0) is 14.1. The van der Waals surface area contributed by atoms with Crippen molar-refractivity contribution in [1.82, 2.24) is 0 Å². The minimum Gasteiger partial charge on any atom is -0.370 e. The molecule has 20 heavy (non-hydrogen) atoms. The fraction of sp³-hybridized carbons (Fsp3) is 0.235. The minimum atomic E-state index is 0.196. The number of hydrogen-bond acceptors (Lipinski definition) is 1. The molecule has 3 rings (SSSR count). The van der Waals surface area contributed by atoms with Gasteiger partial charge in [-0.15, -0.1) is 0 Å².